The van der Waals surface area contributed by atoms with Crippen molar-refractivity contribution in [2.75, 3.05) is 13.1 Å². The lowest BCUT2D eigenvalue weighted by atomic mass is 9.91. The molecule has 1 amide bonds. The summed E-state index contributed by atoms with van der Waals surface area (Å²) in [5.74, 6) is 0.221. The Labute approximate surface area is 103 Å². The molecule has 0 atom stereocenters. The number of likely N-dealkylation sites (tertiary alicyclic amines) is 1. The summed E-state index contributed by atoms with van der Waals surface area (Å²) in [6, 6.07) is 2.09. The minimum absolute atomic E-state index is 0.221. The van der Waals surface area contributed by atoms with E-state index in [2.05, 4.69) is 12.6 Å². The van der Waals surface area contributed by atoms with E-state index in [1.165, 1.54) is 0 Å². The van der Waals surface area contributed by atoms with Crippen molar-refractivity contribution in [1.82, 2.24) is 4.90 Å². The molecule has 4 nitrogen and oxygen atoms in total. The number of hydrogen-bond acceptors (Lipinski definition) is 3. The maximum Gasteiger partial charge on any atom is 0.410 e. The summed E-state index contributed by atoms with van der Waals surface area (Å²) in [5.41, 5.74) is 0.165. The van der Waals surface area contributed by atoms with E-state index < -0.39 is 5.60 Å². The number of allylic oxidation sites excluding steroid dienone is 1. The van der Waals surface area contributed by atoms with Gasteiger partial charge in [-0.05, 0) is 39.5 Å². The monoisotopic (exact) mass is 236 g/mol. The summed E-state index contributed by atoms with van der Waals surface area (Å²) in [6.07, 6.45) is 1.33. The summed E-state index contributed by atoms with van der Waals surface area (Å²) < 4.78 is 5.30. The first kappa shape index (κ1) is 13.6. The third-order valence-corrected chi connectivity index (χ3v) is 2.78. The molecule has 0 aromatic heterocycles. The lowest BCUT2D eigenvalue weighted by molar-refractivity contribution is 0.0195. The number of amides is 1. The Balaban J connectivity index is 2.45. The van der Waals surface area contributed by atoms with Crippen LogP contribution in [0.15, 0.2) is 12.2 Å². The second kappa shape index (κ2) is 5.22. The molecule has 0 unspecified atom stereocenters. The Kier molecular flexibility index (Phi) is 4.17. The molecule has 0 N–H and O–H groups in total. The van der Waals surface area contributed by atoms with E-state index in [-0.39, 0.29) is 12.0 Å². The van der Waals surface area contributed by atoms with Crippen LogP contribution in [0.25, 0.3) is 0 Å². The molecule has 0 aromatic rings. The Morgan fingerprint density at radius 3 is 2.35 bits per heavy atom. The zero-order valence-electron chi connectivity index (χ0n) is 10.8. The zero-order chi connectivity index (χ0) is 13.1. The molecule has 1 rings (SSSR count). The summed E-state index contributed by atoms with van der Waals surface area (Å²) in [5, 5.41) is 8.76. The van der Waals surface area contributed by atoms with Crippen molar-refractivity contribution in [1.29, 1.82) is 5.26 Å². The Bertz CT molecular complexity index is 341. The molecule has 0 saturated carbocycles. The molecular weight excluding hydrogens is 216 g/mol. The van der Waals surface area contributed by atoms with E-state index in [1.54, 1.807) is 4.90 Å². The van der Waals surface area contributed by atoms with Gasteiger partial charge in [-0.3, -0.25) is 0 Å². The number of nitrogens with zero attached hydrogens (tertiary/aromatic N) is 2. The van der Waals surface area contributed by atoms with E-state index in [0.717, 1.165) is 12.8 Å². The van der Waals surface area contributed by atoms with Gasteiger partial charge in [-0.25, -0.2) is 4.79 Å². The van der Waals surface area contributed by atoms with Crippen LogP contribution in [0.3, 0.4) is 0 Å². The third-order valence-electron chi connectivity index (χ3n) is 2.78. The smallest absolute Gasteiger partial charge is 0.410 e. The molecule has 1 heterocycles. The highest BCUT2D eigenvalue weighted by molar-refractivity contribution is 5.68. The van der Waals surface area contributed by atoms with Crippen LogP contribution in [-0.2, 0) is 4.74 Å². The molecular formula is C13H20N2O2. The molecule has 0 aliphatic carbocycles. The first-order chi connectivity index (χ1) is 7.83. The predicted octanol–water partition coefficient (Wildman–Crippen LogP) is 2.71. The number of ether oxygens (including phenoxy) is 1. The Morgan fingerprint density at radius 2 is 1.94 bits per heavy atom. The number of nitriles is 1. The second-order valence-electron chi connectivity index (χ2n) is 5.38. The van der Waals surface area contributed by atoms with Gasteiger partial charge in [0, 0.05) is 18.7 Å². The molecule has 17 heavy (non-hydrogen) atoms. The van der Waals surface area contributed by atoms with Gasteiger partial charge >= 0.3 is 6.09 Å². The van der Waals surface area contributed by atoms with Crippen LogP contribution < -0.4 is 0 Å². The van der Waals surface area contributed by atoms with E-state index in [1.807, 2.05) is 20.8 Å². The Hall–Kier alpha value is -1.50. The maximum absolute atomic E-state index is 11.8. The Morgan fingerprint density at radius 1 is 1.41 bits per heavy atom. The van der Waals surface area contributed by atoms with Crippen molar-refractivity contribution >= 4 is 6.09 Å². The van der Waals surface area contributed by atoms with Crippen molar-refractivity contribution in [3.8, 4) is 6.07 Å². The fourth-order valence-corrected chi connectivity index (χ4v) is 1.83. The van der Waals surface area contributed by atoms with Crippen LogP contribution >= 0.6 is 0 Å². The average Bonchev–Trinajstić information content (AvgIpc) is 2.26. The van der Waals surface area contributed by atoms with Crippen molar-refractivity contribution in [2.24, 2.45) is 5.92 Å². The number of carbonyl (C=O) groups excluding carboxylic acids is 1. The van der Waals surface area contributed by atoms with Crippen LogP contribution in [0.2, 0.25) is 0 Å². The summed E-state index contributed by atoms with van der Waals surface area (Å²) in [4.78, 5) is 13.5. The fraction of sp³-hybridized carbons (Fsp3) is 0.692. The predicted molar refractivity (Wildman–Crippen MR) is 65.3 cm³/mol. The fourth-order valence-electron chi connectivity index (χ4n) is 1.83. The van der Waals surface area contributed by atoms with Gasteiger partial charge in [0.25, 0.3) is 0 Å². The van der Waals surface area contributed by atoms with E-state index in [0.29, 0.717) is 18.7 Å². The minimum atomic E-state index is -0.454. The van der Waals surface area contributed by atoms with Gasteiger partial charge in [-0.15, -0.1) is 0 Å². The molecule has 1 saturated heterocycles. The molecule has 1 fully saturated rings. The molecule has 0 radical (unpaired) electrons. The maximum atomic E-state index is 11.8. The molecule has 1 aliphatic rings. The average molecular weight is 236 g/mol. The number of piperidine rings is 1. The molecule has 4 heteroatoms. The molecule has 0 aromatic carbocycles. The van der Waals surface area contributed by atoms with E-state index >= 15 is 0 Å². The summed E-state index contributed by atoms with van der Waals surface area (Å²) in [7, 11) is 0. The number of rotatable bonds is 1. The van der Waals surface area contributed by atoms with Gasteiger partial charge in [0.15, 0.2) is 0 Å². The first-order valence-corrected chi connectivity index (χ1v) is 5.90. The third kappa shape index (κ3) is 4.10. The highest BCUT2D eigenvalue weighted by Gasteiger charge is 2.27. The first-order valence-electron chi connectivity index (χ1n) is 5.90. The van der Waals surface area contributed by atoms with Crippen LogP contribution in [-0.4, -0.2) is 29.7 Å². The van der Waals surface area contributed by atoms with Crippen molar-refractivity contribution < 1.29 is 9.53 Å². The molecule has 0 bridgehead atoms. The largest absolute Gasteiger partial charge is 0.444 e. The SMILES string of the molecule is C=C(C#N)C1CCN(C(=O)OC(C)(C)C)CC1. The van der Waals surface area contributed by atoms with E-state index in [4.69, 9.17) is 10.00 Å². The van der Waals surface area contributed by atoms with Crippen LogP contribution in [0.5, 0.6) is 0 Å². The standard InChI is InChI=1S/C13H20N2O2/c1-10(9-14)11-5-7-15(8-6-11)12(16)17-13(2,3)4/h11H,1,5-8H2,2-4H3. The van der Waals surface area contributed by atoms with Gasteiger partial charge < -0.3 is 9.64 Å². The normalized spacial score (nSPS) is 17.4. The lowest BCUT2D eigenvalue weighted by Crippen LogP contribution is -2.41. The topological polar surface area (TPSA) is 53.3 Å². The molecule has 1 aliphatic heterocycles. The van der Waals surface area contributed by atoms with E-state index in [9.17, 15) is 4.79 Å². The van der Waals surface area contributed by atoms with Crippen molar-refractivity contribution in [2.45, 2.75) is 39.2 Å². The van der Waals surface area contributed by atoms with Gasteiger partial charge in [-0.2, -0.15) is 5.26 Å². The van der Waals surface area contributed by atoms with Gasteiger partial charge in [-0.1, -0.05) is 6.58 Å². The van der Waals surface area contributed by atoms with Crippen LogP contribution in [0.1, 0.15) is 33.6 Å². The minimum Gasteiger partial charge on any atom is -0.444 e. The van der Waals surface area contributed by atoms with Gasteiger partial charge in [0.1, 0.15) is 5.60 Å². The van der Waals surface area contributed by atoms with Crippen LogP contribution in [0, 0.1) is 17.2 Å². The summed E-state index contributed by atoms with van der Waals surface area (Å²) in [6.45, 7) is 10.6. The second-order valence-corrected chi connectivity index (χ2v) is 5.38. The van der Waals surface area contributed by atoms with Crippen LogP contribution in [0.4, 0.5) is 4.79 Å². The number of hydrogen-bond donors (Lipinski definition) is 0. The molecule has 94 valence electrons. The highest BCUT2D eigenvalue weighted by atomic mass is 16.6. The zero-order valence-corrected chi connectivity index (χ0v) is 10.8. The highest BCUT2D eigenvalue weighted by Crippen LogP contribution is 2.24. The van der Waals surface area contributed by atoms with Gasteiger partial charge in [0.05, 0.1) is 6.07 Å². The van der Waals surface area contributed by atoms with Crippen molar-refractivity contribution in [3.05, 3.63) is 12.2 Å². The molecule has 0 spiro atoms. The lowest BCUT2D eigenvalue weighted by Gasteiger charge is -2.33. The van der Waals surface area contributed by atoms with Gasteiger partial charge in [0.2, 0.25) is 0 Å². The quantitative estimate of drug-likeness (QED) is 0.658. The number of carbonyl (C=O) groups is 1. The van der Waals surface area contributed by atoms with Crippen molar-refractivity contribution in [3.63, 3.8) is 0 Å². The summed E-state index contributed by atoms with van der Waals surface area (Å²) >= 11 is 0.